The quantitative estimate of drug-likeness (QED) is 0.868. The average Bonchev–Trinajstić information content (AvgIpc) is 2.23. The first-order chi connectivity index (χ1) is 8.99. The summed E-state index contributed by atoms with van der Waals surface area (Å²) in [4.78, 5) is 11.6. The molecule has 0 unspecified atom stereocenters. The highest BCUT2D eigenvalue weighted by Gasteiger charge is 2.33. The Morgan fingerprint density at radius 2 is 1.85 bits per heavy atom. The first kappa shape index (κ1) is 16.8. The van der Waals surface area contributed by atoms with Crippen LogP contribution in [-0.4, -0.2) is 18.0 Å². The molecular formula is C13H16BrF3N2O. The van der Waals surface area contributed by atoms with Gasteiger partial charge in [-0.25, -0.2) is 0 Å². The zero-order valence-corrected chi connectivity index (χ0v) is 12.9. The molecule has 0 aliphatic carbocycles. The van der Waals surface area contributed by atoms with Gasteiger partial charge in [0.15, 0.2) is 0 Å². The van der Waals surface area contributed by atoms with Crippen molar-refractivity contribution < 1.29 is 18.0 Å². The van der Waals surface area contributed by atoms with E-state index in [1.54, 1.807) is 20.8 Å². The number of halogens is 4. The number of hydrogen-bond donors (Lipinski definition) is 2. The monoisotopic (exact) mass is 352 g/mol. The normalized spacial score (nSPS) is 12.2. The predicted molar refractivity (Wildman–Crippen MR) is 75.5 cm³/mol. The topological polar surface area (TPSA) is 41.1 Å². The minimum Gasteiger partial charge on any atom is -0.376 e. The zero-order chi connectivity index (χ0) is 15.6. The summed E-state index contributed by atoms with van der Waals surface area (Å²) >= 11 is 3.00. The summed E-state index contributed by atoms with van der Waals surface area (Å²) in [5, 5.41) is 5.18. The molecule has 0 aliphatic rings. The number of amides is 1. The van der Waals surface area contributed by atoms with Crippen molar-refractivity contribution in [2.75, 3.05) is 11.9 Å². The lowest BCUT2D eigenvalue weighted by Gasteiger charge is -2.21. The van der Waals surface area contributed by atoms with E-state index in [4.69, 9.17) is 0 Å². The Labute approximate surface area is 124 Å². The SMILES string of the molecule is CC(C)(C)NC(=O)CNc1ccc(Br)cc1C(F)(F)F. The van der Waals surface area contributed by atoms with E-state index >= 15 is 0 Å². The lowest BCUT2D eigenvalue weighted by molar-refractivity contribution is -0.137. The van der Waals surface area contributed by atoms with Crippen LogP contribution in [0.5, 0.6) is 0 Å². The Bertz CT molecular complexity index is 495. The van der Waals surface area contributed by atoms with E-state index in [0.717, 1.165) is 6.07 Å². The van der Waals surface area contributed by atoms with Gasteiger partial charge in [0.05, 0.1) is 12.1 Å². The fourth-order valence-corrected chi connectivity index (χ4v) is 1.90. The maximum Gasteiger partial charge on any atom is 0.418 e. The summed E-state index contributed by atoms with van der Waals surface area (Å²) in [5.74, 6) is -0.367. The third kappa shape index (κ3) is 5.40. The van der Waals surface area contributed by atoms with Crippen LogP contribution in [0.3, 0.4) is 0 Å². The van der Waals surface area contributed by atoms with Gasteiger partial charge in [0.2, 0.25) is 5.91 Å². The van der Waals surface area contributed by atoms with Crippen LogP contribution in [0.25, 0.3) is 0 Å². The van der Waals surface area contributed by atoms with Gasteiger partial charge >= 0.3 is 6.18 Å². The van der Waals surface area contributed by atoms with Gasteiger partial charge in [-0.15, -0.1) is 0 Å². The fraction of sp³-hybridized carbons (Fsp3) is 0.462. The van der Waals surface area contributed by atoms with Gasteiger partial charge in [-0.2, -0.15) is 13.2 Å². The van der Waals surface area contributed by atoms with E-state index in [1.165, 1.54) is 12.1 Å². The number of carbonyl (C=O) groups is 1. The number of nitrogens with one attached hydrogen (secondary N) is 2. The van der Waals surface area contributed by atoms with Crippen LogP contribution < -0.4 is 10.6 Å². The maximum atomic E-state index is 12.9. The van der Waals surface area contributed by atoms with E-state index < -0.39 is 17.3 Å². The van der Waals surface area contributed by atoms with Crippen LogP contribution >= 0.6 is 15.9 Å². The van der Waals surface area contributed by atoms with Gasteiger partial charge in [-0.05, 0) is 39.0 Å². The largest absolute Gasteiger partial charge is 0.418 e. The number of benzene rings is 1. The molecule has 0 atom stereocenters. The first-order valence-electron chi connectivity index (χ1n) is 5.91. The van der Waals surface area contributed by atoms with Gasteiger partial charge in [0.1, 0.15) is 0 Å². The number of rotatable bonds is 3. The number of anilines is 1. The van der Waals surface area contributed by atoms with E-state index in [2.05, 4.69) is 26.6 Å². The fourth-order valence-electron chi connectivity index (χ4n) is 1.54. The zero-order valence-electron chi connectivity index (χ0n) is 11.4. The molecule has 0 aromatic heterocycles. The first-order valence-corrected chi connectivity index (χ1v) is 6.70. The minimum atomic E-state index is -4.48. The Kier molecular flexibility index (Phi) is 5.07. The highest BCUT2D eigenvalue weighted by molar-refractivity contribution is 9.10. The molecule has 0 saturated carbocycles. The standard InChI is InChI=1S/C13H16BrF3N2O/c1-12(2,3)19-11(20)7-18-10-5-4-8(14)6-9(10)13(15,16)17/h4-6,18H,7H2,1-3H3,(H,19,20). The maximum absolute atomic E-state index is 12.9. The molecule has 0 spiro atoms. The second kappa shape index (κ2) is 6.03. The third-order valence-corrected chi connectivity index (χ3v) is 2.73. The molecule has 1 rings (SSSR count). The molecule has 1 amide bonds. The summed E-state index contributed by atoms with van der Waals surface area (Å²) in [7, 11) is 0. The lowest BCUT2D eigenvalue weighted by Crippen LogP contribution is -2.43. The van der Waals surface area contributed by atoms with Gasteiger partial charge in [-0.3, -0.25) is 4.79 Å². The Morgan fingerprint density at radius 1 is 1.25 bits per heavy atom. The Hall–Kier alpha value is -1.24. The van der Waals surface area contributed by atoms with Gasteiger partial charge in [0.25, 0.3) is 0 Å². The summed E-state index contributed by atoms with van der Waals surface area (Å²) in [5.41, 5.74) is -1.36. The summed E-state index contributed by atoms with van der Waals surface area (Å²) < 4.78 is 38.9. The van der Waals surface area contributed by atoms with Crippen molar-refractivity contribution in [3.05, 3.63) is 28.2 Å². The van der Waals surface area contributed by atoms with Crippen LogP contribution in [0.1, 0.15) is 26.3 Å². The van der Waals surface area contributed by atoms with Crippen molar-refractivity contribution in [1.82, 2.24) is 5.32 Å². The van der Waals surface area contributed by atoms with Crippen molar-refractivity contribution >= 4 is 27.5 Å². The molecule has 0 radical (unpaired) electrons. The van der Waals surface area contributed by atoms with E-state index in [0.29, 0.717) is 4.47 Å². The number of alkyl halides is 3. The molecule has 112 valence electrons. The molecule has 20 heavy (non-hydrogen) atoms. The molecule has 1 aromatic carbocycles. The molecule has 3 nitrogen and oxygen atoms in total. The second-order valence-electron chi connectivity index (χ2n) is 5.34. The van der Waals surface area contributed by atoms with Gasteiger partial charge in [-0.1, -0.05) is 15.9 Å². The van der Waals surface area contributed by atoms with Crippen LogP contribution in [0.2, 0.25) is 0 Å². The van der Waals surface area contributed by atoms with Crippen molar-refractivity contribution in [2.24, 2.45) is 0 Å². The summed E-state index contributed by atoms with van der Waals surface area (Å²) in [6.45, 7) is 5.17. The summed E-state index contributed by atoms with van der Waals surface area (Å²) in [6.07, 6.45) is -4.48. The highest BCUT2D eigenvalue weighted by Crippen LogP contribution is 2.36. The predicted octanol–water partition coefficient (Wildman–Crippen LogP) is 3.79. The van der Waals surface area contributed by atoms with Crippen LogP contribution in [0.4, 0.5) is 18.9 Å². The van der Waals surface area contributed by atoms with E-state index in [9.17, 15) is 18.0 Å². The molecule has 2 N–H and O–H groups in total. The molecule has 0 saturated heterocycles. The lowest BCUT2D eigenvalue weighted by atomic mass is 10.1. The van der Waals surface area contributed by atoms with Crippen LogP contribution in [0, 0.1) is 0 Å². The van der Waals surface area contributed by atoms with Crippen LogP contribution in [-0.2, 0) is 11.0 Å². The smallest absolute Gasteiger partial charge is 0.376 e. The van der Waals surface area contributed by atoms with E-state index in [1.807, 2.05) is 0 Å². The van der Waals surface area contributed by atoms with Crippen LogP contribution in [0.15, 0.2) is 22.7 Å². The van der Waals surface area contributed by atoms with Gasteiger partial charge in [0, 0.05) is 15.7 Å². The second-order valence-corrected chi connectivity index (χ2v) is 6.26. The molecule has 0 aliphatic heterocycles. The molecule has 0 heterocycles. The molecule has 7 heteroatoms. The molecular weight excluding hydrogens is 337 g/mol. The van der Waals surface area contributed by atoms with Crippen molar-refractivity contribution in [3.63, 3.8) is 0 Å². The Balaban J connectivity index is 2.81. The van der Waals surface area contributed by atoms with Gasteiger partial charge < -0.3 is 10.6 Å². The highest BCUT2D eigenvalue weighted by atomic mass is 79.9. The summed E-state index contributed by atoms with van der Waals surface area (Å²) in [6, 6.07) is 3.75. The third-order valence-electron chi connectivity index (χ3n) is 2.24. The molecule has 1 aromatic rings. The number of hydrogen-bond acceptors (Lipinski definition) is 2. The van der Waals surface area contributed by atoms with Crippen molar-refractivity contribution in [3.8, 4) is 0 Å². The Morgan fingerprint density at radius 3 is 2.35 bits per heavy atom. The minimum absolute atomic E-state index is 0.121. The molecule has 0 bridgehead atoms. The van der Waals surface area contributed by atoms with E-state index in [-0.39, 0.29) is 18.1 Å². The molecule has 0 fully saturated rings. The van der Waals surface area contributed by atoms with Crippen molar-refractivity contribution in [1.29, 1.82) is 0 Å². The van der Waals surface area contributed by atoms with Crippen molar-refractivity contribution in [2.45, 2.75) is 32.5 Å². The number of carbonyl (C=O) groups excluding carboxylic acids is 1. The average molecular weight is 353 g/mol.